The lowest BCUT2D eigenvalue weighted by Crippen LogP contribution is -2.13. The topological polar surface area (TPSA) is 29.5 Å². The van der Waals surface area contributed by atoms with Gasteiger partial charge >= 0.3 is 0 Å². The molecular weight excluding hydrogens is 354 g/mol. The second kappa shape index (κ2) is 11.1. The summed E-state index contributed by atoms with van der Waals surface area (Å²) in [7, 11) is 1.66. The molecule has 0 heterocycles. The summed E-state index contributed by atoms with van der Waals surface area (Å²) in [6.45, 7) is 4.58. The molecular formula is C23H25NO2S. The van der Waals surface area contributed by atoms with E-state index in [-0.39, 0.29) is 5.78 Å². The maximum absolute atomic E-state index is 11.4. The number of para-hydroxylation sites is 1. The predicted molar refractivity (Wildman–Crippen MR) is 115 cm³/mol. The fraction of sp³-hybridized carbons (Fsp3) is 0.174. The number of anilines is 1. The fourth-order valence-electron chi connectivity index (χ4n) is 2.35. The number of nitrogens with zero attached hydrogens (tertiary/aromatic N) is 1. The molecule has 3 aromatic carbocycles. The Morgan fingerprint density at radius 3 is 2.07 bits per heavy atom. The lowest BCUT2D eigenvalue weighted by molar-refractivity contribution is 0.101. The van der Waals surface area contributed by atoms with Gasteiger partial charge in [-0.15, -0.1) is 0 Å². The number of ether oxygens (including phenoxy) is 1. The van der Waals surface area contributed by atoms with Crippen LogP contribution in [0.25, 0.3) is 0 Å². The molecule has 0 atom stereocenters. The zero-order valence-corrected chi connectivity index (χ0v) is 16.8. The maximum Gasteiger partial charge on any atom is 0.159 e. The van der Waals surface area contributed by atoms with E-state index in [1.165, 1.54) is 4.90 Å². The average molecular weight is 380 g/mol. The van der Waals surface area contributed by atoms with Gasteiger partial charge in [-0.3, -0.25) is 4.79 Å². The Morgan fingerprint density at radius 2 is 1.56 bits per heavy atom. The molecule has 0 saturated carbocycles. The van der Waals surface area contributed by atoms with Gasteiger partial charge in [-0.05, 0) is 62.2 Å². The highest BCUT2D eigenvalue weighted by Gasteiger charge is 2.08. The van der Waals surface area contributed by atoms with Gasteiger partial charge in [0.1, 0.15) is 5.75 Å². The molecule has 0 N–H and O–H groups in total. The molecule has 0 fully saturated rings. The first-order valence-electron chi connectivity index (χ1n) is 8.84. The molecule has 0 saturated heterocycles. The lowest BCUT2D eigenvalue weighted by Gasteiger charge is -2.22. The van der Waals surface area contributed by atoms with Gasteiger partial charge in [0.25, 0.3) is 0 Å². The van der Waals surface area contributed by atoms with Crippen molar-refractivity contribution in [3.05, 3.63) is 90.5 Å². The normalized spacial score (nSPS) is 9.74. The number of methoxy groups -OCH3 is 1. The van der Waals surface area contributed by atoms with E-state index >= 15 is 0 Å². The molecule has 0 spiro atoms. The Balaban J connectivity index is 0.000000273. The quantitative estimate of drug-likeness (QED) is 0.381. The molecule has 0 aliphatic heterocycles. The highest BCUT2D eigenvalue weighted by Crippen LogP contribution is 2.29. The summed E-state index contributed by atoms with van der Waals surface area (Å²) >= 11 is 1.68. The van der Waals surface area contributed by atoms with Gasteiger partial charge in [-0.2, -0.15) is 0 Å². The fourth-order valence-corrected chi connectivity index (χ4v) is 3.23. The molecule has 4 heteroatoms. The second-order valence-corrected chi connectivity index (χ2v) is 6.82. The second-order valence-electron chi connectivity index (χ2n) is 5.72. The molecule has 3 rings (SSSR count). The van der Waals surface area contributed by atoms with Crippen LogP contribution in [0.5, 0.6) is 5.75 Å². The van der Waals surface area contributed by atoms with E-state index in [1.807, 2.05) is 72.8 Å². The van der Waals surface area contributed by atoms with Crippen LogP contribution in [0.15, 0.2) is 89.8 Å². The minimum atomic E-state index is 0.0996. The van der Waals surface area contributed by atoms with Crippen LogP contribution in [0.4, 0.5) is 5.69 Å². The van der Waals surface area contributed by atoms with Crippen LogP contribution in [0.2, 0.25) is 0 Å². The van der Waals surface area contributed by atoms with Gasteiger partial charge in [0.15, 0.2) is 5.78 Å². The van der Waals surface area contributed by atoms with Crippen molar-refractivity contribution in [2.45, 2.75) is 18.7 Å². The largest absolute Gasteiger partial charge is 0.497 e. The predicted octanol–water partition coefficient (Wildman–Crippen LogP) is 6.12. The van der Waals surface area contributed by atoms with Crippen molar-refractivity contribution in [1.29, 1.82) is 0 Å². The smallest absolute Gasteiger partial charge is 0.159 e. The third-order valence-electron chi connectivity index (χ3n) is 3.77. The minimum absolute atomic E-state index is 0.0996. The Bertz CT molecular complexity index is 822. The van der Waals surface area contributed by atoms with Crippen LogP contribution < -0.4 is 9.04 Å². The molecule has 0 aliphatic carbocycles. The third-order valence-corrected chi connectivity index (χ3v) is 4.94. The zero-order valence-electron chi connectivity index (χ0n) is 16.0. The first kappa shape index (κ1) is 20.6. The van der Waals surface area contributed by atoms with Crippen molar-refractivity contribution in [1.82, 2.24) is 0 Å². The van der Waals surface area contributed by atoms with Gasteiger partial charge in [-0.1, -0.05) is 48.5 Å². The van der Waals surface area contributed by atoms with Gasteiger partial charge in [0, 0.05) is 22.7 Å². The Kier molecular flexibility index (Phi) is 8.46. The van der Waals surface area contributed by atoms with Crippen LogP contribution in [-0.2, 0) is 0 Å². The third kappa shape index (κ3) is 6.83. The number of benzene rings is 3. The van der Waals surface area contributed by atoms with E-state index in [0.717, 1.165) is 23.5 Å². The maximum atomic E-state index is 11.4. The molecule has 140 valence electrons. The molecule has 3 nitrogen and oxygen atoms in total. The van der Waals surface area contributed by atoms with Gasteiger partial charge < -0.3 is 9.04 Å². The molecule has 0 bridgehead atoms. The minimum Gasteiger partial charge on any atom is -0.497 e. The Labute approximate surface area is 166 Å². The summed E-state index contributed by atoms with van der Waals surface area (Å²) < 4.78 is 7.10. The van der Waals surface area contributed by atoms with Crippen molar-refractivity contribution >= 4 is 23.4 Å². The van der Waals surface area contributed by atoms with E-state index in [2.05, 4.69) is 23.4 Å². The van der Waals surface area contributed by atoms with E-state index in [0.29, 0.717) is 0 Å². The Hall–Kier alpha value is -2.72. The molecule has 0 radical (unpaired) electrons. The van der Waals surface area contributed by atoms with E-state index < -0.39 is 0 Å². The Morgan fingerprint density at radius 1 is 0.926 bits per heavy atom. The number of carbonyl (C=O) groups is 1. The van der Waals surface area contributed by atoms with E-state index in [1.54, 1.807) is 26.0 Å². The number of hydrogen-bond acceptors (Lipinski definition) is 4. The van der Waals surface area contributed by atoms with E-state index in [4.69, 9.17) is 4.74 Å². The summed E-state index contributed by atoms with van der Waals surface area (Å²) in [6.07, 6.45) is 0. The SMILES string of the molecule is CCN(Sc1ccccc1)c1cccc(C(C)=O)c1.COc1ccccc1. The summed E-state index contributed by atoms with van der Waals surface area (Å²) in [6, 6.07) is 27.7. The van der Waals surface area contributed by atoms with Crippen molar-refractivity contribution in [2.75, 3.05) is 18.0 Å². The summed E-state index contributed by atoms with van der Waals surface area (Å²) in [4.78, 5) is 12.6. The van der Waals surface area contributed by atoms with Crippen molar-refractivity contribution in [3.8, 4) is 5.75 Å². The van der Waals surface area contributed by atoms with Crippen molar-refractivity contribution < 1.29 is 9.53 Å². The molecule has 3 aromatic rings. The van der Waals surface area contributed by atoms with Crippen molar-refractivity contribution in [2.24, 2.45) is 0 Å². The standard InChI is InChI=1S/C16H17NOS.C7H8O/c1-3-17(19-16-10-5-4-6-11-16)15-9-7-8-14(12-15)13(2)18;1-8-7-5-3-2-4-6-7/h4-12H,3H2,1-2H3;2-6H,1H3. The van der Waals surface area contributed by atoms with Crippen molar-refractivity contribution in [3.63, 3.8) is 0 Å². The van der Waals surface area contributed by atoms with Gasteiger partial charge in [0.05, 0.1) is 7.11 Å². The first-order chi connectivity index (χ1) is 13.1. The molecule has 27 heavy (non-hydrogen) atoms. The molecule has 0 aliphatic rings. The number of ketones is 1. The highest BCUT2D eigenvalue weighted by atomic mass is 32.2. The van der Waals surface area contributed by atoms with E-state index in [9.17, 15) is 4.79 Å². The van der Waals surface area contributed by atoms with Gasteiger partial charge in [-0.25, -0.2) is 0 Å². The number of carbonyl (C=O) groups excluding carboxylic acids is 1. The summed E-state index contributed by atoms with van der Waals surface area (Å²) in [5, 5.41) is 0. The summed E-state index contributed by atoms with van der Waals surface area (Å²) in [5.41, 5.74) is 1.81. The number of hydrogen-bond donors (Lipinski definition) is 0. The number of Topliss-reactive ketones (excluding diaryl/α,β-unsaturated/α-hetero) is 1. The monoisotopic (exact) mass is 379 g/mol. The first-order valence-corrected chi connectivity index (χ1v) is 9.62. The molecule has 0 amide bonds. The summed E-state index contributed by atoms with van der Waals surface area (Å²) in [5.74, 6) is 1.01. The van der Waals surface area contributed by atoms with Gasteiger partial charge in [0.2, 0.25) is 0 Å². The average Bonchev–Trinajstić information content (AvgIpc) is 2.74. The van der Waals surface area contributed by atoms with Crippen LogP contribution in [0, 0.1) is 0 Å². The molecule has 0 aromatic heterocycles. The van der Waals surface area contributed by atoms with Crippen LogP contribution in [0.1, 0.15) is 24.2 Å². The van der Waals surface area contributed by atoms with Crippen LogP contribution in [0.3, 0.4) is 0 Å². The lowest BCUT2D eigenvalue weighted by atomic mass is 10.1. The van der Waals surface area contributed by atoms with Crippen LogP contribution >= 0.6 is 11.9 Å². The number of rotatable bonds is 6. The highest BCUT2D eigenvalue weighted by molar-refractivity contribution is 8.00. The van der Waals surface area contributed by atoms with Crippen LogP contribution in [-0.4, -0.2) is 19.4 Å². The molecule has 0 unspecified atom stereocenters. The zero-order chi connectivity index (χ0) is 19.5.